The van der Waals surface area contributed by atoms with E-state index in [9.17, 15) is 14.4 Å². The lowest BCUT2D eigenvalue weighted by Crippen LogP contribution is -2.22. The second-order valence-electron chi connectivity index (χ2n) is 6.10. The maximum Gasteiger partial charge on any atom is 0.341 e. The van der Waals surface area contributed by atoms with Crippen LogP contribution in [0.4, 0.5) is 5.00 Å². The quantitative estimate of drug-likeness (QED) is 0.750. The molecule has 1 aliphatic rings. The summed E-state index contributed by atoms with van der Waals surface area (Å²) in [4.78, 5) is 37.6. The van der Waals surface area contributed by atoms with Gasteiger partial charge < -0.3 is 14.8 Å². The van der Waals surface area contributed by atoms with Gasteiger partial charge in [0.25, 0.3) is 5.91 Å². The number of carbonyl (C=O) groups is 3. The van der Waals surface area contributed by atoms with Crippen molar-refractivity contribution in [3.05, 3.63) is 51.4 Å². The molecule has 28 heavy (non-hydrogen) atoms. The van der Waals surface area contributed by atoms with Crippen molar-refractivity contribution in [3.63, 3.8) is 0 Å². The van der Waals surface area contributed by atoms with Gasteiger partial charge in [0.15, 0.2) is 6.61 Å². The Labute approximate surface area is 165 Å². The average Bonchev–Trinajstić information content (AvgIpc) is 3.27. The normalized spacial score (nSPS) is 12.0. The van der Waals surface area contributed by atoms with Gasteiger partial charge in [0.2, 0.25) is 0 Å². The number of amides is 1. The van der Waals surface area contributed by atoms with Crippen molar-refractivity contribution in [1.29, 1.82) is 5.26 Å². The molecule has 2 aromatic rings. The van der Waals surface area contributed by atoms with Gasteiger partial charge in [-0.05, 0) is 56.0 Å². The summed E-state index contributed by atoms with van der Waals surface area (Å²) in [5.41, 5.74) is 2.01. The van der Waals surface area contributed by atoms with E-state index >= 15 is 0 Å². The Bertz CT molecular complexity index is 956. The first-order valence-electron chi connectivity index (χ1n) is 8.82. The molecule has 0 bridgehead atoms. The van der Waals surface area contributed by atoms with Gasteiger partial charge in [-0.1, -0.05) is 0 Å². The number of nitrogens with zero attached hydrogens (tertiary/aromatic N) is 1. The number of hydrogen-bond donors (Lipinski definition) is 1. The zero-order chi connectivity index (χ0) is 20.1. The lowest BCUT2D eigenvalue weighted by Gasteiger charge is -2.08. The van der Waals surface area contributed by atoms with Crippen molar-refractivity contribution in [2.45, 2.75) is 26.2 Å². The number of nitrogens with one attached hydrogen (secondary N) is 1. The highest BCUT2D eigenvalue weighted by atomic mass is 32.1. The summed E-state index contributed by atoms with van der Waals surface area (Å²) in [5, 5.41) is 11.9. The van der Waals surface area contributed by atoms with Gasteiger partial charge in [-0.3, -0.25) is 4.79 Å². The van der Waals surface area contributed by atoms with Crippen LogP contribution in [-0.2, 0) is 27.1 Å². The summed E-state index contributed by atoms with van der Waals surface area (Å²) in [6.07, 6.45) is 2.63. The van der Waals surface area contributed by atoms with Crippen LogP contribution in [-0.4, -0.2) is 31.1 Å². The van der Waals surface area contributed by atoms with E-state index in [-0.39, 0.29) is 12.2 Å². The molecule has 1 heterocycles. The van der Waals surface area contributed by atoms with Crippen LogP contribution in [0.25, 0.3) is 0 Å². The smallest absolute Gasteiger partial charge is 0.341 e. The summed E-state index contributed by atoms with van der Waals surface area (Å²) < 4.78 is 10.1. The van der Waals surface area contributed by atoms with Gasteiger partial charge in [0.05, 0.1) is 29.4 Å². The molecule has 0 unspecified atom stereocenters. The van der Waals surface area contributed by atoms with Gasteiger partial charge >= 0.3 is 11.9 Å². The Balaban J connectivity index is 1.64. The Hall–Kier alpha value is -3.18. The third kappa shape index (κ3) is 4.21. The number of rotatable bonds is 6. The van der Waals surface area contributed by atoms with E-state index in [1.54, 1.807) is 6.92 Å². The molecule has 0 spiro atoms. The highest BCUT2D eigenvalue weighted by Gasteiger charge is 2.28. The molecule has 8 heteroatoms. The number of hydrogen-bond acceptors (Lipinski definition) is 7. The van der Waals surface area contributed by atoms with Crippen LogP contribution in [0.15, 0.2) is 24.3 Å². The number of anilines is 1. The fourth-order valence-corrected chi connectivity index (χ4v) is 4.26. The summed E-state index contributed by atoms with van der Waals surface area (Å²) in [6, 6.07) is 7.87. The van der Waals surface area contributed by atoms with Gasteiger partial charge in [-0.2, -0.15) is 5.26 Å². The molecule has 144 valence electrons. The number of esters is 2. The second-order valence-corrected chi connectivity index (χ2v) is 7.20. The van der Waals surface area contributed by atoms with Crippen LogP contribution >= 0.6 is 11.3 Å². The Morgan fingerprint density at radius 3 is 2.57 bits per heavy atom. The minimum atomic E-state index is -0.668. The summed E-state index contributed by atoms with van der Waals surface area (Å²) >= 11 is 1.36. The first-order chi connectivity index (χ1) is 13.5. The van der Waals surface area contributed by atoms with E-state index < -0.39 is 24.5 Å². The number of ether oxygens (including phenoxy) is 2. The number of thiophene rings is 1. The Morgan fingerprint density at radius 2 is 1.89 bits per heavy atom. The molecule has 1 aromatic carbocycles. The van der Waals surface area contributed by atoms with E-state index in [1.165, 1.54) is 35.6 Å². The number of benzene rings is 1. The number of aryl methyl sites for hydroxylation is 1. The van der Waals surface area contributed by atoms with Gasteiger partial charge in [0.1, 0.15) is 5.00 Å². The second kappa shape index (κ2) is 8.67. The van der Waals surface area contributed by atoms with Crippen LogP contribution in [0.5, 0.6) is 0 Å². The monoisotopic (exact) mass is 398 g/mol. The van der Waals surface area contributed by atoms with Crippen molar-refractivity contribution in [3.8, 4) is 6.07 Å². The minimum absolute atomic E-state index is 0.245. The summed E-state index contributed by atoms with van der Waals surface area (Å²) in [5.74, 6) is -1.65. The zero-order valence-electron chi connectivity index (χ0n) is 15.2. The average molecular weight is 398 g/mol. The first-order valence-corrected chi connectivity index (χ1v) is 9.64. The maximum absolute atomic E-state index is 12.3. The predicted octanol–water partition coefficient (Wildman–Crippen LogP) is 3.08. The molecule has 1 amide bonds. The van der Waals surface area contributed by atoms with Crippen LogP contribution < -0.4 is 5.32 Å². The molecule has 7 nitrogen and oxygen atoms in total. The fraction of sp³-hybridized carbons (Fsp3) is 0.300. The third-order valence-corrected chi connectivity index (χ3v) is 5.45. The fourth-order valence-electron chi connectivity index (χ4n) is 2.97. The molecule has 0 fully saturated rings. The highest BCUT2D eigenvalue weighted by Crippen LogP contribution is 2.39. The number of carbonyl (C=O) groups excluding carboxylic acids is 3. The molecule has 0 saturated heterocycles. The number of nitriles is 1. The molecule has 1 N–H and O–H groups in total. The van der Waals surface area contributed by atoms with Crippen LogP contribution in [0, 0.1) is 11.3 Å². The van der Waals surface area contributed by atoms with Gasteiger partial charge in [-0.25, -0.2) is 9.59 Å². The summed E-state index contributed by atoms with van der Waals surface area (Å²) in [7, 11) is 0. The Morgan fingerprint density at radius 1 is 1.14 bits per heavy atom. The molecule has 0 radical (unpaired) electrons. The molecule has 1 aromatic heterocycles. The minimum Gasteiger partial charge on any atom is -0.462 e. The van der Waals surface area contributed by atoms with E-state index in [4.69, 9.17) is 14.7 Å². The van der Waals surface area contributed by atoms with Crippen molar-refractivity contribution in [2.75, 3.05) is 18.5 Å². The van der Waals surface area contributed by atoms with E-state index in [2.05, 4.69) is 5.32 Å². The maximum atomic E-state index is 12.3. The van der Waals surface area contributed by atoms with Crippen molar-refractivity contribution in [1.82, 2.24) is 0 Å². The third-order valence-electron chi connectivity index (χ3n) is 4.24. The first kappa shape index (κ1) is 19.6. The highest BCUT2D eigenvalue weighted by molar-refractivity contribution is 7.17. The summed E-state index contributed by atoms with van der Waals surface area (Å²) in [6.45, 7) is 1.49. The molecule has 0 aliphatic heterocycles. The zero-order valence-corrected chi connectivity index (χ0v) is 16.1. The largest absolute Gasteiger partial charge is 0.462 e. The van der Waals surface area contributed by atoms with Crippen LogP contribution in [0.1, 0.15) is 50.1 Å². The Kier molecular flexibility index (Phi) is 6.06. The molecule has 0 saturated carbocycles. The van der Waals surface area contributed by atoms with Crippen LogP contribution in [0.2, 0.25) is 0 Å². The lowest BCUT2D eigenvalue weighted by atomic mass is 10.1. The SMILES string of the molecule is CCOC(=O)c1c(NC(=O)COC(=O)c2ccc(C#N)cc2)sc2c1CCC2. The molecule has 1 aliphatic carbocycles. The van der Waals surface area contributed by atoms with Crippen LogP contribution in [0.3, 0.4) is 0 Å². The molecular formula is C20H18N2O5S. The van der Waals surface area contributed by atoms with E-state index in [0.717, 1.165) is 29.7 Å². The van der Waals surface area contributed by atoms with Crippen molar-refractivity contribution >= 4 is 34.2 Å². The van der Waals surface area contributed by atoms with E-state index in [0.29, 0.717) is 16.1 Å². The van der Waals surface area contributed by atoms with Crippen molar-refractivity contribution in [2.24, 2.45) is 0 Å². The topological polar surface area (TPSA) is 105 Å². The molecule has 0 atom stereocenters. The van der Waals surface area contributed by atoms with E-state index in [1.807, 2.05) is 6.07 Å². The van der Waals surface area contributed by atoms with Gasteiger partial charge in [-0.15, -0.1) is 11.3 Å². The van der Waals surface area contributed by atoms with Gasteiger partial charge in [0, 0.05) is 4.88 Å². The predicted molar refractivity (Wildman–Crippen MR) is 102 cm³/mol. The number of fused-ring (bicyclic) bond motifs is 1. The lowest BCUT2D eigenvalue weighted by molar-refractivity contribution is -0.119. The molecular weight excluding hydrogens is 380 g/mol. The molecule has 3 rings (SSSR count). The van der Waals surface area contributed by atoms with Crippen molar-refractivity contribution < 1.29 is 23.9 Å². The standard InChI is InChI=1S/C20H18N2O5S/c1-2-26-20(25)17-14-4-3-5-15(14)28-18(17)22-16(23)11-27-19(24)13-8-6-12(10-21)7-9-13/h6-9H,2-5,11H2,1H3,(H,22,23).